The predicted molar refractivity (Wildman–Crippen MR) is 115 cm³/mol. The third-order valence-corrected chi connectivity index (χ3v) is 6.15. The normalized spacial score (nSPS) is 18.9. The largest absolute Gasteiger partial charge is 0.465 e. The summed E-state index contributed by atoms with van der Waals surface area (Å²) < 4.78 is 79.1. The Morgan fingerprint density at radius 1 is 1.00 bits per heavy atom. The monoisotopic (exact) mass is 502 g/mol. The van der Waals surface area contributed by atoms with Crippen molar-refractivity contribution in [1.29, 1.82) is 0 Å². The maximum atomic E-state index is 13.3. The fourth-order valence-electron chi connectivity index (χ4n) is 4.32. The third-order valence-electron chi connectivity index (χ3n) is 6.15. The number of hydrogen-bond acceptors (Lipinski definition) is 2. The Morgan fingerprint density at radius 2 is 1.54 bits per heavy atom. The number of piperidine rings is 1. The number of hydrogen-bond donors (Lipinski definition) is 1. The fraction of sp³-hybridized carbons (Fsp3) is 0.417. The van der Waals surface area contributed by atoms with Crippen molar-refractivity contribution < 1.29 is 41.0 Å². The fourth-order valence-corrected chi connectivity index (χ4v) is 4.32. The highest BCUT2D eigenvalue weighted by atomic mass is 19.4. The molecule has 2 atom stereocenters. The Morgan fingerprint density at radius 3 is 2.03 bits per heavy atom. The van der Waals surface area contributed by atoms with Crippen LogP contribution in [0.3, 0.4) is 0 Å². The Labute approximate surface area is 197 Å². The minimum Gasteiger partial charge on any atom is -0.465 e. The van der Waals surface area contributed by atoms with E-state index in [9.17, 15) is 41.0 Å². The maximum Gasteiger partial charge on any atom is 0.416 e. The lowest BCUT2D eigenvalue weighted by molar-refractivity contribution is -0.143. The quantitative estimate of drug-likeness (QED) is 0.540. The van der Waals surface area contributed by atoms with Crippen molar-refractivity contribution in [3.63, 3.8) is 0 Å². The molecule has 0 bridgehead atoms. The summed E-state index contributed by atoms with van der Waals surface area (Å²) in [6.07, 6.45) is -10.9. The van der Waals surface area contributed by atoms with Crippen LogP contribution in [0.15, 0.2) is 42.5 Å². The average Bonchev–Trinajstić information content (AvgIpc) is 2.77. The lowest BCUT2D eigenvalue weighted by atomic mass is 9.79. The van der Waals surface area contributed by atoms with Gasteiger partial charge in [0.15, 0.2) is 0 Å². The van der Waals surface area contributed by atoms with Gasteiger partial charge in [-0.25, -0.2) is 4.79 Å². The first kappa shape index (κ1) is 26.4. The number of rotatable bonds is 4. The highest BCUT2D eigenvalue weighted by Gasteiger charge is 2.39. The molecular weight excluding hydrogens is 478 g/mol. The van der Waals surface area contributed by atoms with E-state index in [1.807, 2.05) is 19.1 Å². The topological polar surface area (TPSA) is 60.9 Å². The van der Waals surface area contributed by atoms with Crippen LogP contribution < -0.4 is 0 Å². The zero-order chi connectivity index (χ0) is 26.1. The number of aryl methyl sites for hydroxylation is 1. The molecule has 0 unspecified atom stereocenters. The van der Waals surface area contributed by atoms with Gasteiger partial charge in [-0.05, 0) is 42.7 Å². The van der Waals surface area contributed by atoms with Gasteiger partial charge in [-0.1, -0.05) is 29.8 Å². The smallest absolute Gasteiger partial charge is 0.416 e. The second-order valence-electron chi connectivity index (χ2n) is 8.75. The van der Waals surface area contributed by atoms with E-state index < -0.39 is 53.9 Å². The lowest BCUT2D eigenvalue weighted by Crippen LogP contribution is -2.47. The summed E-state index contributed by atoms with van der Waals surface area (Å²) in [6.45, 7) is 1.54. The number of amides is 2. The molecule has 2 aromatic carbocycles. The average molecular weight is 502 g/mol. The van der Waals surface area contributed by atoms with Crippen LogP contribution in [0.5, 0.6) is 0 Å². The second kappa shape index (κ2) is 9.79. The minimum atomic E-state index is -4.99. The first-order valence-corrected chi connectivity index (χ1v) is 10.7. The third kappa shape index (κ3) is 6.26. The van der Waals surface area contributed by atoms with Crippen LogP contribution in [0, 0.1) is 12.8 Å². The molecule has 1 saturated heterocycles. The summed E-state index contributed by atoms with van der Waals surface area (Å²) >= 11 is 0. The number of likely N-dealkylation sites (tertiary alicyclic amines) is 1. The predicted octanol–water partition coefficient (Wildman–Crippen LogP) is 5.77. The van der Waals surface area contributed by atoms with Gasteiger partial charge in [-0.15, -0.1) is 0 Å². The van der Waals surface area contributed by atoms with E-state index in [4.69, 9.17) is 0 Å². The number of carbonyl (C=O) groups excluding carboxylic acids is 1. The number of alkyl halides is 6. The van der Waals surface area contributed by atoms with Gasteiger partial charge < -0.3 is 14.9 Å². The van der Waals surface area contributed by atoms with Crippen LogP contribution in [0.25, 0.3) is 0 Å². The summed E-state index contributed by atoms with van der Waals surface area (Å²) in [4.78, 5) is 27.1. The number of nitrogens with zero attached hydrogens (tertiary/aromatic N) is 2. The molecule has 1 N–H and O–H groups in total. The summed E-state index contributed by atoms with van der Waals surface area (Å²) in [5, 5.41) is 9.41. The van der Waals surface area contributed by atoms with E-state index in [0.29, 0.717) is 12.1 Å². The van der Waals surface area contributed by atoms with Crippen molar-refractivity contribution in [3.8, 4) is 0 Å². The molecule has 0 aromatic heterocycles. The van der Waals surface area contributed by atoms with Crippen LogP contribution in [0.2, 0.25) is 0 Å². The molecule has 0 saturated carbocycles. The van der Waals surface area contributed by atoms with Gasteiger partial charge in [-0.2, -0.15) is 26.3 Å². The van der Waals surface area contributed by atoms with Crippen molar-refractivity contribution >= 4 is 12.0 Å². The summed E-state index contributed by atoms with van der Waals surface area (Å²) in [7, 11) is 1.31. The molecule has 190 valence electrons. The van der Waals surface area contributed by atoms with Crippen molar-refractivity contribution in [3.05, 3.63) is 70.3 Å². The van der Waals surface area contributed by atoms with Crippen LogP contribution in [-0.4, -0.2) is 47.0 Å². The number of benzene rings is 2. The summed E-state index contributed by atoms with van der Waals surface area (Å²) in [5.41, 5.74) is -1.51. The van der Waals surface area contributed by atoms with Crippen molar-refractivity contribution in [2.24, 2.45) is 5.92 Å². The van der Waals surface area contributed by atoms with Gasteiger partial charge in [0, 0.05) is 38.5 Å². The van der Waals surface area contributed by atoms with Crippen LogP contribution in [-0.2, 0) is 23.7 Å². The number of halogens is 6. The zero-order valence-corrected chi connectivity index (χ0v) is 19.0. The SMILES string of the molecule is Cc1ccc([C@@H]2CN(C(=O)O)CC[C@H]2C(=O)N(C)Cc2cc(C(F)(F)F)cc(C(F)(F)F)c2)cc1. The molecule has 1 aliphatic rings. The molecule has 2 amide bonds. The molecule has 3 rings (SSSR count). The van der Waals surface area contributed by atoms with E-state index in [2.05, 4.69) is 0 Å². The van der Waals surface area contributed by atoms with Crippen molar-refractivity contribution in [1.82, 2.24) is 9.80 Å². The highest BCUT2D eigenvalue weighted by Crippen LogP contribution is 2.37. The Kier molecular flexibility index (Phi) is 7.37. The molecule has 1 heterocycles. The lowest BCUT2D eigenvalue weighted by Gasteiger charge is -2.38. The Bertz CT molecular complexity index is 1050. The second-order valence-corrected chi connectivity index (χ2v) is 8.75. The van der Waals surface area contributed by atoms with Crippen molar-refractivity contribution in [2.75, 3.05) is 20.1 Å². The van der Waals surface area contributed by atoms with E-state index in [-0.39, 0.29) is 31.1 Å². The molecule has 35 heavy (non-hydrogen) atoms. The molecule has 0 aliphatic carbocycles. The number of carboxylic acid groups (broad SMARTS) is 1. The molecule has 0 radical (unpaired) electrons. The Balaban J connectivity index is 1.88. The van der Waals surface area contributed by atoms with E-state index in [1.165, 1.54) is 11.9 Å². The molecule has 1 aliphatic heterocycles. The van der Waals surface area contributed by atoms with Gasteiger partial charge >= 0.3 is 18.4 Å². The van der Waals surface area contributed by atoms with Crippen molar-refractivity contribution in [2.45, 2.75) is 38.2 Å². The van der Waals surface area contributed by atoms with E-state index >= 15 is 0 Å². The molecular formula is C24H24F6N2O3. The van der Waals surface area contributed by atoms with Gasteiger partial charge in [0.1, 0.15) is 0 Å². The van der Waals surface area contributed by atoms with Crippen LogP contribution in [0.1, 0.15) is 40.2 Å². The van der Waals surface area contributed by atoms with Gasteiger partial charge in [0.2, 0.25) is 5.91 Å². The van der Waals surface area contributed by atoms with Gasteiger partial charge in [0.25, 0.3) is 0 Å². The molecule has 2 aromatic rings. The van der Waals surface area contributed by atoms with Gasteiger partial charge in [-0.3, -0.25) is 4.79 Å². The molecule has 11 heteroatoms. The first-order valence-electron chi connectivity index (χ1n) is 10.7. The van der Waals surface area contributed by atoms with Gasteiger partial charge in [0.05, 0.1) is 11.1 Å². The Hall–Kier alpha value is -3.24. The molecule has 1 fully saturated rings. The molecule has 5 nitrogen and oxygen atoms in total. The first-order chi connectivity index (χ1) is 16.2. The van der Waals surface area contributed by atoms with Crippen LogP contribution >= 0.6 is 0 Å². The van der Waals surface area contributed by atoms with Crippen LogP contribution in [0.4, 0.5) is 31.1 Å². The van der Waals surface area contributed by atoms with E-state index in [1.54, 1.807) is 12.1 Å². The van der Waals surface area contributed by atoms with E-state index in [0.717, 1.165) is 16.0 Å². The minimum absolute atomic E-state index is 0.0420. The summed E-state index contributed by atoms with van der Waals surface area (Å²) in [6, 6.07) is 8.46. The number of carbonyl (C=O) groups is 2. The highest BCUT2D eigenvalue weighted by molar-refractivity contribution is 5.80. The standard InChI is InChI=1S/C24H24F6N2O3/c1-14-3-5-16(6-4-14)20-13-32(22(34)35)8-7-19(20)21(33)31(2)12-15-9-17(23(25,26)27)11-18(10-15)24(28,29)30/h3-6,9-11,19-20H,7-8,12-13H2,1-2H3,(H,34,35)/t19-,20+/m1/s1. The maximum absolute atomic E-state index is 13.3. The zero-order valence-electron chi connectivity index (χ0n) is 19.0. The summed E-state index contributed by atoms with van der Waals surface area (Å²) in [5.74, 6) is -1.68. The molecule has 0 spiro atoms.